The molecule has 4 nitrogen and oxygen atoms in total. The van der Waals surface area contributed by atoms with Crippen LogP contribution in [0.2, 0.25) is 0 Å². The summed E-state index contributed by atoms with van der Waals surface area (Å²) in [6, 6.07) is 7.37. The van der Waals surface area contributed by atoms with Crippen LogP contribution in [0.3, 0.4) is 0 Å². The van der Waals surface area contributed by atoms with E-state index in [-0.39, 0.29) is 16.8 Å². The largest absolute Gasteiger partial charge is 0.430 e. The van der Waals surface area contributed by atoms with Crippen molar-refractivity contribution in [2.45, 2.75) is 24.9 Å². The van der Waals surface area contributed by atoms with Gasteiger partial charge in [0.05, 0.1) is 0 Å². The third-order valence-corrected chi connectivity index (χ3v) is 3.79. The molecule has 0 saturated carbocycles. The van der Waals surface area contributed by atoms with Gasteiger partial charge in [-0.3, -0.25) is 4.79 Å². The lowest BCUT2D eigenvalue weighted by Crippen LogP contribution is -2.53. The zero-order valence-corrected chi connectivity index (χ0v) is 13.7. The van der Waals surface area contributed by atoms with Gasteiger partial charge in [-0.25, -0.2) is 0 Å². The van der Waals surface area contributed by atoms with Crippen LogP contribution in [0.25, 0.3) is 11.1 Å². The van der Waals surface area contributed by atoms with Crippen molar-refractivity contribution in [1.82, 2.24) is 0 Å². The Bertz CT molecular complexity index is 830. The molecule has 4 N–H and O–H groups in total. The number of anilines is 2. The van der Waals surface area contributed by atoms with Gasteiger partial charge in [0.2, 0.25) is 5.91 Å². The number of hydrogen-bond acceptors (Lipinski definition) is 3. The van der Waals surface area contributed by atoms with Crippen molar-refractivity contribution in [3.63, 3.8) is 0 Å². The van der Waals surface area contributed by atoms with Crippen molar-refractivity contribution < 1.29 is 36.2 Å². The quantitative estimate of drug-likeness (QED) is 0.541. The van der Waals surface area contributed by atoms with Crippen molar-refractivity contribution in [2.75, 3.05) is 11.1 Å². The van der Waals surface area contributed by atoms with Crippen LogP contribution in [0.15, 0.2) is 42.5 Å². The molecule has 1 amide bonds. The molecule has 0 unspecified atom stereocenters. The van der Waals surface area contributed by atoms with E-state index in [1.165, 1.54) is 24.3 Å². The number of nitrogens with one attached hydrogen (secondary N) is 1. The van der Waals surface area contributed by atoms with Crippen LogP contribution in [0, 0.1) is 0 Å². The zero-order valence-electron chi connectivity index (χ0n) is 13.7. The van der Waals surface area contributed by atoms with E-state index in [1.807, 2.05) is 0 Å². The number of benzene rings is 2. The van der Waals surface area contributed by atoms with Gasteiger partial charge in [0, 0.05) is 29.4 Å². The Morgan fingerprint density at radius 3 is 1.93 bits per heavy atom. The molecule has 10 heteroatoms. The van der Waals surface area contributed by atoms with Gasteiger partial charge >= 0.3 is 12.4 Å². The fraction of sp³-hybridized carbons (Fsp3) is 0.235. The molecule has 0 radical (unpaired) electrons. The number of carbonyl (C=O) groups is 1. The minimum atomic E-state index is -6.01. The summed E-state index contributed by atoms with van der Waals surface area (Å²) in [5.74, 6) is -0.582. The molecule has 146 valence electrons. The number of carbonyl (C=O) groups excluding carboxylic acids is 1. The molecular weight excluding hydrogens is 378 g/mol. The summed E-state index contributed by atoms with van der Waals surface area (Å²) in [7, 11) is 0. The minimum Gasteiger partial charge on any atom is -0.399 e. The van der Waals surface area contributed by atoms with Gasteiger partial charge in [0.1, 0.15) is 0 Å². The molecule has 0 heterocycles. The summed E-state index contributed by atoms with van der Waals surface area (Å²) in [6.07, 6.45) is -12.0. The summed E-state index contributed by atoms with van der Waals surface area (Å²) in [5, 5.41) is 11.9. The van der Waals surface area contributed by atoms with Gasteiger partial charge in [-0.1, -0.05) is 18.2 Å². The van der Waals surface area contributed by atoms with E-state index >= 15 is 0 Å². The maximum Gasteiger partial charge on any atom is 0.430 e. The zero-order chi connectivity index (χ0) is 20.6. The molecule has 0 bridgehead atoms. The Kier molecular flexibility index (Phi) is 5.15. The molecule has 2 rings (SSSR count). The highest BCUT2D eigenvalue weighted by molar-refractivity contribution is 5.94. The monoisotopic (exact) mass is 392 g/mol. The maximum absolute atomic E-state index is 13.1. The molecule has 0 atom stereocenters. The molecule has 0 saturated heterocycles. The first-order chi connectivity index (χ1) is 12.3. The first kappa shape index (κ1) is 20.6. The van der Waals surface area contributed by atoms with Gasteiger partial charge in [-0.05, 0) is 29.8 Å². The van der Waals surface area contributed by atoms with Crippen LogP contribution < -0.4 is 11.1 Å². The molecule has 2 aromatic carbocycles. The Balaban J connectivity index is 2.75. The molecule has 0 aliphatic carbocycles. The fourth-order valence-electron chi connectivity index (χ4n) is 2.46. The van der Waals surface area contributed by atoms with E-state index in [2.05, 4.69) is 5.32 Å². The van der Waals surface area contributed by atoms with Crippen LogP contribution in [0.5, 0.6) is 0 Å². The lowest BCUT2D eigenvalue weighted by Gasteiger charge is -2.33. The summed E-state index contributed by atoms with van der Waals surface area (Å²) in [4.78, 5) is 11.3. The minimum absolute atomic E-state index is 0.0253. The smallest absolute Gasteiger partial charge is 0.399 e. The Morgan fingerprint density at radius 1 is 0.963 bits per heavy atom. The van der Waals surface area contributed by atoms with Crippen molar-refractivity contribution >= 4 is 17.3 Å². The molecular formula is C17H14F6N2O2. The predicted octanol–water partition coefficient (Wildman–Crippen LogP) is 4.21. The molecule has 2 aromatic rings. The third kappa shape index (κ3) is 3.85. The SMILES string of the molecule is CC(=O)Nc1ccc(C(O)(C(F)(F)F)C(F)(F)F)cc1-c1ccc(N)cc1. The highest BCUT2D eigenvalue weighted by Gasteiger charge is 2.71. The van der Waals surface area contributed by atoms with Crippen molar-refractivity contribution in [3.8, 4) is 11.1 Å². The molecule has 0 aliphatic heterocycles. The highest BCUT2D eigenvalue weighted by Crippen LogP contribution is 2.51. The number of nitrogen functional groups attached to an aromatic ring is 1. The normalized spacial score (nSPS) is 12.7. The Hall–Kier alpha value is -2.75. The lowest BCUT2D eigenvalue weighted by molar-refractivity contribution is -0.376. The van der Waals surface area contributed by atoms with E-state index in [4.69, 9.17) is 5.73 Å². The number of alkyl halides is 6. The van der Waals surface area contributed by atoms with E-state index in [9.17, 15) is 36.2 Å². The van der Waals surface area contributed by atoms with E-state index in [1.54, 1.807) is 0 Å². The molecule has 0 aliphatic rings. The summed E-state index contributed by atoms with van der Waals surface area (Å²) in [6.45, 7) is 1.13. The van der Waals surface area contributed by atoms with E-state index in [0.717, 1.165) is 13.0 Å². The first-order valence-corrected chi connectivity index (χ1v) is 7.41. The molecule has 0 aromatic heterocycles. The number of halogens is 6. The number of nitrogens with two attached hydrogens (primary N) is 1. The second kappa shape index (κ2) is 6.76. The Labute approximate surface area is 149 Å². The van der Waals surface area contributed by atoms with Crippen molar-refractivity contribution in [2.24, 2.45) is 0 Å². The molecule has 27 heavy (non-hydrogen) atoms. The highest BCUT2D eigenvalue weighted by atomic mass is 19.4. The topological polar surface area (TPSA) is 75.3 Å². The number of rotatable bonds is 3. The van der Waals surface area contributed by atoms with Gasteiger partial charge in [0.25, 0.3) is 5.60 Å². The van der Waals surface area contributed by atoms with E-state index < -0.39 is 29.4 Å². The van der Waals surface area contributed by atoms with Crippen LogP contribution in [0.1, 0.15) is 12.5 Å². The second-order valence-electron chi connectivity index (χ2n) is 5.77. The van der Waals surface area contributed by atoms with Gasteiger partial charge < -0.3 is 16.2 Å². The molecule has 0 fully saturated rings. The van der Waals surface area contributed by atoms with Gasteiger partial charge in [-0.2, -0.15) is 26.3 Å². The average molecular weight is 392 g/mol. The van der Waals surface area contributed by atoms with E-state index in [0.29, 0.717) is 17.8 Å². The maximum atomic E-state index is 13.1. The van der Waals surface area contributed by atoms with Crippen molar-refractivity contribution in [1.29, 1.82) is 0 Å². The van der Waals surface area contributed by atoms with Crippen LogP contribution in [0.4, 0.5) is 37.7 Å². The Morgan fingerprint density at radius 2 is 1.48 bits per heavy atom. The third-order valence-electron chi connectivity index (χ3n) is 3.79. The van der Waals surface area contributed by atoms with Gasteiger partial charge in [0.15, 0.2) is 0 Å². The summed E-state index contributed by atoms with van der Waals surface area (Å²) < 4.78 is 78.8. The fourth-order valence-corrected chi connectivity index (χ4v) is 2.46. The lowest BCUT2D eigenvalue weighted by atomic mass is 9.89. The number of aliphatic hydroxyl groups is 1. The van der Waals surface area contributed by atoms with Crippen LogP contribution in [-0.2, 0) is 10.4 Å². The van der Waals surface area contributed by atoms with Gasteiger partial charge in [-0.15, -0.1) is 0 Å². The van der Waals surface area contributed by atoms with Crippen LogP contribution in [-0.4, -0.2) is 23.4 Å². The van der Waals surface area contributed by atoms with Crippen molar-refractivity contribution in [3.05, 3.63) is 48.0 Å². The van der Waals surface area contributed by atoms with Crippen LogP contribution >= 0.6 is 0 Å². The summed E-state index contributed by atoms with van der Waals surface area (Å²) in [5.41, 5.74) is -0.626. The predicted molar refractivity (Wildman–Crippen MR) is 86.6 cm³/mol. The first-order valence-electron chi connectivity index (χ1n) is 7.41. The second-order valence-corrected chi connectivity index (χ2v) is 5.77. The molecule has 0 spiro atoms. The number of amides is 1. The summed E-state index contributed by atoms with van der Waals surface area (Å²) >= 11 is 0. The standard InChI is InChI=1S/C17H14F6N2O2/c1-9(26)25-14-7-4-11(15(27,16(18,19)20)17(21,22)23)8-13(14)10-2-5-12(24)6-3-10/h2-8,27H,24H2,1H3,(H,25,26). The average Bonchev–Trinajstić information content (AvgIpc) is 2.52. The number of hydrogen-bond donors (Lipinski definition) is 3.